The van der Waals surface area contributed by atoms with Gasteiger partial charge in [0, 0.05) is 17.2 Å². The van der Waals surface area contributed by atoms with Crippen molar-refractivity contribution in [2.24, 2.45) is 16.8 Å². The maximum absolute atomic E-state index is 12.5. The predicted molar refractivity (Wildman–Crippen MR) is 92.4 cm³/mol. The fourth-order valence-corrected chi connectivity index (χ4v) is 2.96. The van der Waals surface area contributed by atoms with Crippen molar-refractivity contribution in [3.8, 4) is 0 Å². The zero-order valence-electron chi connectivity index (χ0n) is 14.5. The maximum Gasteiger partial charge on any atom is 0.336 e. The Hall–Kier alpha value is -2.43. The minimum Gasteiger partial charge on any atom is -0.465 e. The van der Waals surface area contributed by atoms with E-state index in [9.17, 15) is 9.59 Å². The molecule has 0 spiro atoms. The monoisotopic (exact) mass is 329 g/mol. The third-order valence-corrected chi connectivity index (χ3v) is 4.03. The van der Waals surface area contributed by atoms with Crippen LogP contribution in [0.25, 0.3) is 5.70 Å². The highest BCUT2D eigenvalue weighted by molar-refractivity contribution is 6.10. The van der Waals surface area contributed by atoms with Gasteiger partial charge in [0.05, 0.1) is 24.5 Å². The van der Waals surface area contributed by atoms with Gasteiger partial charge in [-0.1, -0.05) is 37.3 Å². The van der Waals surface area contributed by atoms with Gasteiger partial charge in [0.25, 0.3) is 0 Å². The quantitative estimate of drug-likeness (QED) is 0.778. The molecule has 1 aromatic rings. The topological polar surface area (TPSA) is 65.0 Å². The number of hydrogen-bond donors (Lipinski definition) is 0. The lowest BCUT2D eigenvalue weighted by Gasteiger charge is -2.29. The number of hydrogen-bond acceptors (Lipinski definition) is 5. The summed E-state index contributed by atoms with van der Waals surface area (Å²) in [7, 11) is 0. The van der Waals surface area contributed by atoms with E-state index in [1.54, 1.807) is 20.8 Å². The number of esters is 2. The first-order valence-electron chi connectivity index (χ1n) is 8.19. The third kappa shape index (κ3) is 3.55. The lowest BCUT2D eigenvalue weighted by molar-refractivity contribution is -0.147. The molecule has 5 nitrogen and oxygen atoms in total. The van der Waals surface area contributed by atoms with Crippen molar-refractivity contribution >= 4 is 23.3 Å². The standard InChI is InChI=1S/C19H23NO4/c1-5-23-18(21)15-12(3)16(19(22)24-6-2)17(20-13(15)4)14-10-8-7-9-11-14/h7-12,15H,5-6H2,1-4H3. The fraction of sp³-hybridized carbons (Fsp3) is 0.421. The molecule has 1 aliphatic heterocycles. The maximum atomic E-state index is 12.5. The molecular formula is C19H23NO4. The summed E-state index contributed by atoms with van der Waals surface area (Å²) >= 11 is 0. The van der Waals surface area contributed by atoms with Gasteiger partial charge >= 0.3 is 11.9 Å². The van der Waals surface area contributed by atoms with E-state index in [4.69, 9.17) is 9.47 Å². The molecule has 0 radical (unpaired) electrons. The van der Waals surface area contributed by atoms with E-state index >= 15 is 0 Å². The average molecular weight is 329 g/mol. The second kappa shape index (κ2) is 7.90. The van der Waals surface area contributed by atoms with Crippen LogP contribution in [0.5, 0.6) is 0 Å². The van der Waals surface area contributed by atoms with Crippen molar-refractivity contribution in [2.45, 2.75) is 27.7 Å². The van der Waals surface area contributed by atoms with E-state index in [-0.39, 0.29) is 18.5 Å². The van der Waals surface area contributed by atoms with E-state index in [0.29, 0.717) is 23.6 Å². The normalized spacial score (nSPS) is 20.4. The molecule has 0 N–H and O–H groups in total. The minimum atomic E-state index is -0.572. The Balaban J connectivity index is 2.55. The molecule has 24 heavy (non-hydrogen) atoms. The van der Waals surface area contributed by atoms with E-state index in [2.05, 4.69) is 4.99 Å². The number of ether oxygens (including phenoxy) is 2. The third-order valence-electron chi connectivity index (χ3n) is 4.03. The van der Waals surface area contributed by atoms with Crippen LogP contribution in [0.4, 0.5) is 0 Å². The van der Waals surface area contributed by atoms with Gasteiger partial charge in [-0.2, -0.15) is 0 Å². The molecule has 0 saturated heterocycles. The molecule has 0 bridgehead atoms. The summed E-state index contributed by atoms with van der Waals surface area (Å²) in [4.78, 5) is 29.4. The molecule has 0 aliphatic carbocycles. The van der Waals surface area contributed by atoms with E-state index < -0.39 is 11.9 Å². The van der Waals surface area contributed by atoms with Crippen LogP contribution in [0, 0.1) is 11.8 Å². The van der Waals surface area contributed by atoms with Crippen molar-refractivity contribution in [3.63, 3.8) is 0 Å². The minimum absolute atomic E-state index is 0.268. The van der Waals surface area contributed by atoms with Gasteiger partial charge in [0.1, 0.15) is 5.92 Å². The molecule has 2 rings (SSSR count). The van der Waals surface area contributed by atoms with Crippen molar-refractivity contribution < 1.29 is 19.1 Å². The Bertz CT molecular complexity index is 676. The van der Waals surface area contributed by atoms with Gasteiger partial charge < -0.3 is 9.47 Å². The van der Waals surface area contributed by atoms with Crippen LogP contribution in [-0.2, 0) is 19.1 Å². The highest BCUT2D eigenvalue weighted by Crippen LogP contribution is 2.36. The Morgan fingerprint density at radius 2 is 1.71 bits per heavy atom. The summed E-state index contributed by atoms with van der Waals surface area (Å²) in [5.41, 5.74) is 2.47. The number of rotatable bonds is 5. The SMILES string of the molecule is CCOC(=O)C1=C(c2ccccc2)N=C(C)C(C(=O)OCC)C1C. The number of carbonyl (C=O) groups is 2. The summed E-state index contributed by atoms with van der Waals surface area (Å²) in [5, 5.41) is 0. The van der Waals surface area contributed by atoms with Crippen molar-refractivity contribution in [2.75, 3.05) is 13.2 Å². The molecule has 2 atom stereocenters. The highest BCUT2D eigenvalue weighted by Gasteiger charge is 2.39. The molecule has 0 fully saturated rings. The Labute approximate surface area is 142 Å². The van der Waals surface area contributed by atoms with E-state index in [1.807, 2.05) is 37.3 Å². The summed E-state index contributed by atoms with van der Waals surface area (Å²) in [6.07, 6.45) is 0. The largest absolute Gasteiger partial charge is 0.465 e. The predicted octanol–water partition coefficient (Wildman–Crippen LogP) is 3.25. The van der Waals surface area contributed by atoms with Crippen LogP contribution in [0.15, 0.2) is 40.9 Å². The second-order valence-electron chi connectivity index (χ2n) is 5.62. The summed E-state index contributed by atoms with van der Waals surface area (Å²) < 4.78 is 10.4. The van der Waals surface area contributed by atoms with Gasteiger partial charge in [0.15, 0.2) is 0 Å². The van der Waals surface area contributed by atoms with E-state index in [1.165, 1.54) is 0 Å². The number of nitrogens with zero attached hydrogens (tertiary/aromatic N) is 1. The molecule has 1 aliphatic rings. The van der Waals surface area contributed by atoms with Crippen LogP contribution in [0.3, 0.4) is 0 Å². The molecule has 1 heterocycles. The Kier molecular flexibility index (Phi) is 5.90. The summed E-state index contributed by atoms with van der Waals surface area (Å²) in [6.45, 7) is 7.71. The van der Waals surface area contributed by atoms with Gasteiger partial charge in [-0.15, -0.1) is 0 Å². The molecule has 1 aromatic carbocycles. The fourth-order valence-electron chi connectivity index (χ4n) is 2.96. The average Bonchev–Trinajstić information content (AvgIpc) is 2.55. The molecule has 2 unspecified atom stereocenters. The second-order valence-corrected chi connectivity index (χ2v) is 5.62. The van der Waals surface area contributed by atoms with Crippen LogP contribution in [0.1, 0.15) is 33.3 Å². The molecular weight excluding hydrogens is 306 g/mol. The molecule has 128 valence electrons. The highest BCUT2D eigenvalue weighted by atomic mass is 16.5. The number of benzene rings is 1. The van der Waals surface area contributed by atoms with Crippen LogP contribution in [0.2, 0.25) is 0 Å². The van der Waals surface area contributed by atoms with Gasteiger partial charge in [0.2, 0.25) is 0 Å². The first-order valence-corrected chi connectivity index (χ1v) is 8.19. The van der Waals surface area contributed by atoms with Gasteiger partial charge in [-0.3, -0.25) is 9.79 Å². The zero-order chi connectivity index (χ0) is 17.7. The van der Waals surface area contributed by atoms with Gasteiger partial charge in [-0.25, -0.2) is 4.79 Å². The Morgan fingerprint density at radius 3 is 2.29 bits per heavy atom. The first-order chi connectivity index (χ1) is 11.5. The number of aliphatic imine (C=N–C) groups is 1. The van der Waals surface area contributed by atoms with Crippen molar-refractivity contribution in [1.82, 2.24) is 0 Å². The zero-order valence-corrected chi connectivity index (χ0v) is 14.5. The smallest absolute Gasteiger partial charge is 0.336 e. The van der Waals surface area contributed by atoms with Crippen LogP contribution < -0.4 is 0 Å². The van der Waals surface area contributed by atoms with Crippen LogP contribution >= 0.6 is 0 Å². The summed E-state index contributed by atoms with van der Waals surface area (Å²) in [6, 6.07) is 9.46. The summed E-state index contributed by atoms with van der Waals surface area (Å²) in [5.74, 6) is -1.73. The van der Waals surface area contributed by atoms with E-state index in [0.717, 1.165) is 5.56 Å². The number of carbonyl (C=O) groups excluding carboxylic acids is 2. The van der Waals surface area contributed by atoms with Crippen LogP contribution in [-0.4, -0.2) is 30.9 Å². The van der Waals surface area contributed by atoms with Gasteiger partial charge in [-0.05, 0) is 20.8 Å². The molecule has 5 heteroatoms. The molecule has 0 aromatic heterocycles. The Morgan fingerprint density at radius 1 is 1.08 bits per heavy atom. The lowest BCUT2D eigenvalue weighted by atomic mass is 9.80. The van der Waals surface area contributed by atoms with Crippen molar-refractivity contribution in [1.29, 1.82) is 0 Å². The lowest BCUT2D eigenvalue weighted by Crippen LogP contribution is -2.36. The molecule has 0 saturated carbocycles. The first kappa shape index (κ1) is 17.9. The molecule has 0 amide bonds. The van der Waals surface area contributed by atoms with Crippen molar-refractivity contribution in [3.05, 3.63) is 41.5 Å².